The molecule has 0 aliphatic rings. The Balaban J connectivity index is 1.73. The Labute approximate surface area is 137 Å². The number of para-hydroxylation sites is 1. The van der Waals surface area contributed by atoms with Gasteiger partial charge < -0.3 is 14.2 Å². The predicted molar refractivity (Wildman–Crippen MR) is 90.8 cm³/mol. The highest BCUT2D eigenvalue weighted by molar-refractivity contribution is 6.04. The van der Waals surface area contributed by atoms with E-state index in [9.17, 15) is 4.79 Å². The number of anilines is 1. The zero-order valence-corrected chi connectivity index (χ0v) is 12.9. The molecular formula is C19H14N2O3. The second-order valence-electron chi connectivity index (χ2n) is 5.47. The van der Waals surface area contributed by atoms with Gasteiger partial charge in [0.15, 0.2) is 11.3 Å². The molecule has 0 aliphatic carbocycles. The third kappa shape index (κ3) is 2.56. The zero-order valence-electron chi connectivity index (χ0n) is 12.9. The second-order valence-corrected chi connectivity index (χ2v) is 5.47. The molecule has 2 heterocycles. The standard InChI is InChI=1S/C19H14N2O3/c1-12-8-9-15-17(11-12)24-19(21-15)13-5-2-3-6-14(13)20-18(22)16-7-4-10-23-16/h2-11H,1H3,(H,20,22). The van der Waals surface area contributed by atoms with Crippen LogP contribution in [0.2, 0.25) is 0 Å². The minimum atomic E-state index is -0.320. The largest absolute Gasteiger partial charge is 0.459 e. The van der Waals surface area contributed by atoms with Gasteiger partial charge in [0.1, 0.15) is 5.52 Å². The average Bonchev–Trinajstić information content (AvgIpc) is 3.24. The maximum Gasteiger partial charge on any atom is 0.291 e. The van der Waals surface area contributed by atoms with Crippen molar-refractivity contribution < 1.29 is 13.6 Å². The Kier molecular flexibility index (Phi) is 3.39. The Bertz CT molecular complexity index is 1020. The van der Waals surface area contributed by atoms with Crippen molar-refractivity contribution in [1.29, 1.82) is 0 Å². The van der Waals surface area contributed by atoms with E-state index in [1.54, 1.807) is 18.2 Å². The summed E-state index contributed by atoms with van der Waals surface area (Å²) in [5.74, 6) is 0.392. The highest BCUT2D eigenvalue weighted by Gasteiger charge is 2.15. The number of nitrogens with zero attached hydrogens (tertiary/aromatic N) is 1. The van der Waals surface area contributed by atoms with Gasteiger partial charge in [0, 0.05) is 0 Å². The van der Waals surface area contributed by atoms with Crippen LogP contribution in [-0.4, -0.2) is 10.9 Å². The molecule has 0 saturated heterocycles. The molecule has 0 atom stereocenters. The lowest BCUT2D eigenvalue weighted by molar-refractivity contribution is 0.0996. The number of carbonyl (C=O) groups is 1. The van der Waals surface area contributed by atoms with Gasteiger partial charge in [-0.2, -0.15) is 0 Å². The molecule has 1 N–H and O–H groups in total. The molecule has 24 heavy (non-hydrogen) atoms. The van der Waals surface area contributed by atoms with Gasteiger partial charge in [-0.1, -0.05) is 18.2 Å². The fraction of sp³-hybridized carbons (Fsp3) is 0.0526. The van der Waals surface area contributed by atoms with Crippen LogP contribution < -0.4 is 5.32 Å². The smallest absolute Gasteiger partial charge is 0.291 e. The molecular weight excluding hydrogens is 304 g/mol. The van der Waals surface area contributed by atoms with Gasteiger partial charge in [0.2, 0.25) is 5.89 Å². The molecule has 0 spiro atoms. The molecule has 0 saturated carbocycles. The molecule has 2 aromatic heterocycles. The van der Waals surface area contributed by atoms with Crippen molar-refractivity contribution in [1.82, 2.24) is 4.98 Å². The molecule has 118 valence electrons. The normalized spacial score (nSPS) is 10.9. The highest BCUT2D eigenvalue weighted by atomic mass is 16.3. The van der Waals surface area contributed by atoms with E-state index in [0.29, 0.717) is 17.1 Å². The number of aryl methyl sites for hydroxylation is 1. The van der Waals surface area contributed by atoms with E-state index in [4.69, 9.17) is 8.83 Å². The molecule has 0 bridgehead atoms. The molecule has 0 fully saturated rings. The van der Waals surface area contributed by atoms with Crippen molar-refractivity contribution in [2.75, 3.05) is 5.32 Å². The van der Waals surface area contributed by atoms with Gasteiger partial charge in [0.05, 0.1) is 17.5 Å². The first-order valence-electron chi connectivity index (χ1n) is 7.52. The van der Waals surface area contributed by atoms with E-state index in [-0.39, 0.29) is 11.7 Å². The fourth-order valence-electron chi connectivity index (χ4n) is 2.52. The Morgan fingerprint density at radius 3 is 2.79 bits per heavy atom. The summed E-state index contributed by atoms with van der Waals surface area (Å²) in [6, 6.07) is 16.5. The molecule has 1 amide bonds. The van der Waals surface area contributed by atoms with E-state index in [2.05, 4.69) is 10.3 Å². The Hall–Kier alpha value is -3.34. The summed E-state index contributed by atoms with van der Waals surface area (Å²) in [5, 5.41) is 2.83. The summed E-state index contributed by atoms with van der Waals surface area (Å²) in [6.45, 7) is 2.00. The summed E-state index contributed by atoms with van der Waals surface area (Å²) in [7, 11) is 0. The first-order chi connectivity index (χ1) is 11.7. The first-order valence-corrected chi connectivity index (χ1v) is 7.52. The minimum absolute atomic E-state index is 0.248. The van der Waals surface area contributed by atoms with Crippen LogP contribution >= 0.6 is 0 Å². The summed E-state index contributed by atoms with van der Waals surface area (Å²) < 4.78 is 11.0. The number of nitrogens with one attached hydrogen (secondary N) is 1. The number of benzene rings is 2. The Morgan fingerprint density at radius 2 is 1.96 bits per heavy atom. The lowest BCUT2D eigenvalue weighted by atomic mass is 10.1. The number of carbonyl (C=O) groups excluding carboxylic acids is 1. The van der Waals surface area contributed by atoms with Crippen molar-refractivity contribution in [3.05, 3.63) is 72.2 Å². The van der Waals surface area contributed by atoms with Crippen LogP contribution in [0.5, 0.6) is 0 Å². The maximum absolute atomic E-state index is 12.2. The van der Waals surface area contributed by atoms with Crippen LogP contribution in [0, 0.1) is 6.92 Å². The molecule has 0 aliphatic heterocycles. The maximum atomic E-state index is 12.2. The number of hydrogen-bond acceptors (Lipinski definition) is 4. The van der Waals surface area contributed by atoms with Gasteiger partial charge in [-0.05, 0) is 48.9 Å². The van der Waals surface area contributed by atoms with Crippen molar-refractivity contribution in [2.24, 2.45) is 0 Å². The number of rotatable bonds is 3. The van der Waals surface area contributed by atoms with Gasteiger partial charge in [-0.3, -0.25) is 4.79 Å². The average molecular weight is 318 g/mol. The number of hydrogen-bond donors (Lipinski definition) is 1. The number of furan rings is 1. The second kappa shape index (κ2) is 5.70. The van der Waals surface area contributed by atoms with Gasteiger partial charge in [0.25, 0.3) is 5.91 Å². The van der Waals surface area contributed by atoms with Crippen molar-refractivity contribution in [3.63, 3.8) is 0 Å². The topological polar surface area (TPSA) is 68.3 Å². The van der Waals surface area contributed by atoms with Crippen LogP contribution in [0.3, 0.4) is 0 Å². The fourth-order valence-corrected chi connectivity index (χ4v) is 2.52. The molecule has 0 radical (unpaired) electrons. The third-order valence-corrected chi connectivity index (χ3v) is 3.69. The number of aromatic nitrogens is 1. The van der Waals surface area contributed by atoms with Crippen LogP contribution in [0.1, 0.15) is 16.1 Å². The molecule has 5 nitrogen and oxygen atoms in total. The van der Waals surface area contributed by atoms with E-state index in [1.807, 2.05) is 43.3 Å². The minimum Gasteiger partial charge on any atom is -0.459 e. The van der Waals surface area contributed by atoms with Crippen molar-refractivity contribution >= 4 is 22.7 Å². The number of oxazole rings is 1. The molecule has 4 rings (SSSR count). The van der Waals surface area contributed by atoms with Crippen molar-refractivity contribution in [3.8, 4) is 11.5 Å². The summed E-state index contributed by atoms with van der Waals surface area (Å²) in [6.07, 6.45) is 1.46. The van der Waals surface area contributed by atoms with E-state index in [0.717, 1.165) is 16.7 Å². The van der Waals surface area contributed by atoms with E-state index < -0.39 is 0 Å². The highest BCUT2D eigenvalue weighted by Crippen LogP contribution is 2.30. The molecule has 5 heteroatoms. The number of fused-ring (bicyclic) bond motifs is 1. The molecule has 0 unspecified atom stereocenters. The van der Waals surface area contributed by atoms with E-state index >= 15 is 0 Å². The molecule has 4 aromatic rings. The van der Waals surface area contributed by atoms with Crippen molar-refractivity contribution in [2.45, 2.75) is 6.92 Å². The van der Waals surface area contributed by atoms with Gasteiger partial charge in [-0.25, -0.2) is 4.98 Å². The lowest BCUT2D eigenvalue weighted by Crippen LogP contribution is -2.11. The van der Waals surface area contributed by atoms with Gasteiger partial charge in [-0.15, -0.1) is 0 Å². The Morgan fingerprint density at radius 1 is 1.08 bits per heavy atom. The monoisotopic (exact) mass is 318 g/mol. The lowest BCUT2D eigenvalue weighted by Gasteiger charge is -2.07. The zero-order chi connectivity index (χ0) is 16.5. The van der Waals surface area contributed by atoms with Crippen LogP contribution in [0.4, 0.5) is 5.69 Å². The quantitative estimate of drug-likeness (QED) is 0.597. The summed E-state index contributed by atoms with van der Waals surface area (Å²) in [5.41, 5.74) is 3.93. The first kappa shape index (κ1) is 14.3. The summed E-state index contributed by atoms with van der Waals surface area (Å²) >= 11 is 0. The summed E-state index contributed by atoms with van der Waals surface area (Å²) in [4.78, 5) is 16.7. The molecule has 2 aromatic carbocycles. The number of amides is 1. The van der Waals surface area contributed by atoms with Crippen LogP contribution in [0.15, 0.2) is 69.7 Å². The van der Waals surface area contributed by atoms with E-state index in [1.165, 1.54) is 6.26 Å². The third-order valence-electron chi connectivity index (χ3n) is 3.69. The predicted octanol–water partition coefficient (Wildman–Crippen LogP) is 4.65. The van der Waals surface area contributed by atoms with Crippen LogP contribution in [0.25, 0.3) is 22.6 Å². The van der Waals surface area contributed by atoms with Gasteiger partial charge >= 0.3 is 0 Å². The van der Waals surface area contributed by atoms with Crippen LogP contribution in [-0.2, 0) is 0 Å². The SMILES string of the molecule is Cc1ccc2nc(-c3ccccc3NC(=O)c3ccco3)oc2c1.